The van der Waals surface area contributed by atoms with Gasteiger partial charge in [-0.15, -0.1) is 28.3 Å². The number of unbranched alkanes of at least 4 members (excludes halogenated alkanes) is 1. The number of H-pyrrole nitrogens is 1. The number of nitrogens with one attached hydrogen (secondary N) is 1. The van der Waals surface area contributed by atoms with Gasteiger partial charge in [-0.25, -0.2) is 9.97 Å². The Labute approximate surface area is 224 Å². The normalized spacial score (nSPS) is 14.4. The maximum atomic E-state index is 5.55. The molecule has 5 aromatic rings. The highest BCUT2D eigenvalue weighted by atomic mass is 79.9. The summed E-state index contributed by atoms with van der Waals surface area (Å²) in [4.78, 5) is 15.2. The van der Waals surface area contributed by atoms with Crippen molar-refractivity contribution in [1.29, 1.82) is 0 Å². The van der Waals surface area contributed by atoms with Gasteiger partial charge in [-0.2, -0.15) is 0 Å². The van der Waals surface area contributed by atoms with E-state index in [2.05, 4.69) is 49.2 Å². The first-order chi connectivity index (χ1) is 17.3. The zero-order chi connectivity index (χ0) is 23.6. The summed E-state index contributed by atoms with van der Waals surface area (Å²) < 4.78 is 13.4. The van der Waals surface area contributed by atoms with E-state index in [1.807, 2.05) is 18.3 Å². The van der Waals surface area contributed by atoms with E-state index >= 15 is 0 Å². The molecule has 9 heteroatoms. The largest absolute Gasteiger partial charge is 0.497 e. The lowest BCUT2D eigenvalue weighted by Gasteiger charge is -2.26. The predicted octanol–water partition coefficient (Wildman–Crippen LogP) is 6.01. The number of halogens is 1. The number of thiazole rings is 1. The van der Waals surface area contributed by atoms with Gasteiger partial charge in [0.15, 0.2) is 0 Å². The molecule has 1 aromatic carbocycles. The van der Waals surface area contributed by atoms with E-state index in [0.29, 0.717) is 0 Å². The second kappa shape index (κ2) is 11.1. The molecule has 0 unspecified atom stereocenters. The summed E-state index contributed by atoms with van der Waals surface area (Å²) in [5.74, 6) is 0.864. The topological polar surface area (TPSA) is 68.2 Å². The minimum absolute atomic E-state index is 0. The Bertz CT molecular complexity index is 1450. The first kappa shape index (κ1) is 25.0. The summed E-state index contributed by atoms with van der Waals surface area (Å²) in [5.41, 5.74) is 5.32. The molecule has 0 atom stereocenters. The fourth-order valence-electron chi connectivity index (χ4n) is 4.89. The molecule has 188 valence electrons. The van der Waals surface area contributed by atoms with Gasteiger partial charge in [0, 0.05) is 71.0 Å². The molecule has 4 aromatic heterocycles. The number of pyridine rings is 1. The molecule has 1 N–H and O–H groups in total. The number of ether oxygens (including phenoxy) is 2. The highest BCUT2D eigenvalue weighted by molar-refractivity contribution is 8.93. The Morgan fingerprint density at radius 3 is 2.81 bits per heavy atom. The molecule has 5 heterocycles. The highest BCUT2D eigenvalue weighted by Crippen LogP contribution is 2.37. The maximum Gasteiger partial charge on any atom is 0.137 e. The quantitative estimate of drug-likeness (QED) is 0.233. The molecular weight excluding hydrogens is 538 g/mol. The SMILES string of the molecule is Br.COc1ccc2c(c1)c(-c1nc(-c3c[nH]c4ncccc34)cs1)cn2CCCCN1CCOCC1. The van der Waals surface area contributed by atoms with E-state index in [1.54, 1.807) is 24.6 Å². The fourth-order valence-corrected chi connectivity index (χ4v) is 5.73. The van der Waals surface area contributed by atoms with E-state index in [4.69, 9.17) is 14.5 Å². The van der Waals surface area contributed by atoms with Gasteiger partial charge in [-0.3, -0.25) is 4.90 Å². The number of hydrogen-bond donors (Lipinski definition) is 1. The van der Waals surface area contributed by atoms with E-state index in [9.17, 15) is 0 Å². The summed E-state index contributed by atoms with van der Waals surface area (Å²) in [6.45, 7) is 5.94. The number of morpholine rings is 1. The molecular formula is C27H30BrN5O2S. The summed E-state index contributed by atoms with van der Waals surface area (Å²) >= 11 is 1.68. The number of aryl methyl sites for hydroxylation is 1. The molecule has 0 saturated carbocycles. The van der Waals surface area contributed by atoms with Gasteiger partial charge >= 0.3 is 0 Å². The number of methoxy groups -OCH3 is 1. The van der Waals surface area contributed by atoms with Gasteiger partial charge < -0.3 is 19.0 Å². The van der Waals surface area contributed by atoms with E-state index in [-0.39, 0.29) is 17.0 Å². The van der Waals surface area contributed by atoms with Crippen LogP contribution in [-0.4, -0.2) is 64.4 Å². The van der Waals surface area contributed by atoms with Gasteiger partial charge in [0.25, 0.3) is 0 Å². The minimum Gasteiger partial charge on any atom is -0.497 e. The number of fused-ring (bicyclic) bond motifs is 2. The molecule has 36 heavy (non-hydrogen) atoms. The van der Waals surface area contributed by atoms with Crippen molar-refractivity contribution < 1.29 is 9.47 Å². The van der Waals surface area contributed by atoms with Crippen molar-refractivity contribution in [2.45, 2.75) is 19.4 Å². The Hall–Kier alpha value is -2.72. The lowest BCUT2D eigenvalue weighted by Crippen LogP contribution is -2.36. The summed E-state index contributed by atoms with van der Waals surface area (Å²) in [5, 5.41) is 5.42. The van der Waals surface area contributed by atoms with Crippen LogP contribution < -0.4 is 4.74 Å². The molecule has 6 rings (SSSR count). The van der Waals surface area contributed by atoms with E-state index in [0.717, 1.165) is 84.4 Å². The summed E-state index contributed by atoms with van der Waals surface area (Å²) in [6.07, 6.45) is 8.38. The number of benzene rings is 1. The van der Waals surface area contributed by atoms with Crippen molar-refractivity contribution in [2.75, 3.05) is 40.0 Å². The second-order valence-electron chi connectivity index (χ2n) is 8.92. The van der Waals surface area contributed by atoms with Crippen LogP contribution in [0.25, 0.3) is 43.8 Å². The molecule has 0 amide bonds. The Kier molecular flexibility index (Phi) is 7.71. The summed E-state index contributed by atoms with van der Waals surface area (Å²) in [7, 11) is 1.72. The Balaban J connectivity index is 0.00000267. The van der Waals surface area contributed by atoms with Crippen LogP contribution in [-0.2, 0) is 11.3 Å². The number of rotatable bonds is 8. The van der Waals surface area contributed by atoms with Gasteiger partial charge in [-0.05, 0) is 49.7 Å². The minimum atomic E-state index is 0. The molecule has 1 saturated heterocycles. The predicted molar refractivity (Wildman–Crippen MR) is 152 cm³/mol. The van der Waals surface area contributed by atoms with Crippen LogP contribution in [0.3, 0.4) is 0 Å². The lowest BCUT2D eigenvalue weighted by molar-refractivity contribution is 0.0371. The molecule has 0 radical (unpaired) electrons. The molecule has 0 aliphatic carbocycles. The molecule has 1 fully saturated rings. The molecule has 0 bridgehead atoms. The standard InChI is InChI=1S/C27H29N5O2S.BrH/c1-33-19-6-7-25-21(15-19)23(17-32(25)10-3-2-9-31-11-13-34-14-12-31)27-30-24(18-35-27)22-16-29-26-20(22)5-4-8-28-26;/h4-8,15-18H,2-3,9-14H2,1H3,(H,28,29);1H. The Morgan fingerprint density at radius 2 is 1.94 bits per heavy atom. The smallest absolute Gasteiger partial charge is 0.137 e. The third-order valence-electron chi connectivity index (χ3n) is 6.78. The van der Waals surface area contributed by atoms with Crippen LogP contribution in [0, 0.1) is 0 Å². The average Bonchev–Trinajstić information content (AvgIpc) is 3.63. The van der Waals surface area contributed by atoms with Crippen molar-refractivity contribution in [3.8, 4) is 27.6 Å². The van der Waals surface area contributed by atoms with Crippen molar-refractivity contribution >= 4 is 50.3 Å². The fraction of sp³-hybridized carbons (Fsp3) is 0.333. The lowest BCUT2D eigenvalue weighted by atomic mass is 10.1. The number of aromatic nitrogens is 4. The van der Waals surface area contributed by atoms with Crippen LogP contribution in [0.2, 0.25) is 0 Å². The van der Waals surface area contributed by atoms with Crippen LogP contribution in [0.1, 0.15) is 12.8 Å². The maximum absolute atomic E-state index is 5.55. The number of aromatic amines is 1. The number of hydrogen-bond acceptors (Lipinski definition) is 6. The van der Waals surface area contributed by atoms with Crippen LogP contribution in [0.5, 0.6) is 5.75 Å². The molecule has 0 spiro atoms. The van der Waals surface area contributed by atoms with Crippen LogP contribution >= 0.6 is 28.3 Å². The van der Waals surface area contributed by atoms with Crippen molar-refractivity contribution in [1.82, 2.24) is 24.4 Å². The zero-order valence-corrected chi connectivity index (χ0v) is 22.8. The third kappa shape index (κ3) is 4.93. The van der Waals surface area contributed by atoms with Crippen LogP contribution in [0.4, 0.5) is 0 Å². The third-order valence-corrected chi connectivity index (χ3v) is 7.65. The first-order valence-electron chi connectivity index (χ1n) is 12.2. The zero-order valence-electron chi connectivity index (χ0n) is 20.3. The van der Waals surface area contributed by atoms with Gasteiger partial charge in [0.2, 0.25) is 0 Å². The van der Waals surface area contributed by atoms with Crippen molar-refractivity contribution in [3.63, 3.8) is 0 Å². The van der Waals surface area contributed by atoms with Gasteiger partial charge in [0.05, 0.1) is 26.0 Å². The van der Waals surface area contributed by atoms with Crippen LogP contribution in [0.15, 0.2) is 54.3 Å². The monoisotopic (exact) mass is 567 g/mol. The van der Waals surface area contributed by atoms with Gasteiger partial charge in [0.1, 0.15) is 16.4 Å². The Morgan fingerprint density at radius 1 is 1.08 bits per heavy atom. The number of nitrogens with zero attached hydrogens (tertiary/aromatic N) is 4. The second-order valence-corrected chi connectivity index (χ2v) is 9.78. The van der Waals surface area contributed by atoms with E-state index < -0.39 is 0 Å². The van der Waals surface area contributed by atoms with Crippen molar-refractivity contribution in [3.05, 3.63) is 54.3 Å². The molecule has 1 aliphatic rings. The average molecular weight is 569 g/mol. The highest BCUT2D eigenvalue weighted by Gasteiger charge is 2.17. The molecule has 1 aliphatic heterocycles. The molecule has 7 nitrogen and oxygen atoms in total. The van der Waals surface area contributed by atoms with Gasteiger partial charge in [-0.1, -0.05) is 0 Å². The first-order valence-corrected chi connectivity index (χ1v) is 13.0. The van der Waals surface area contributed by atoms with E-state index in [1.165, 1.54) is 17.3 Å². The van der Waals surface area contributed by atoms with Crippen molar-refractivity contribution in [2.24, 2.45) is 0 Å². The summed E-state index contributed by atoms with van der Waals surface area (Å²) in [6, 6.07) is 10.4.